The molecule has 0 saturated carbocycles. The van der Waals surface area contributed by atoms with Gasteiger partial charge in [-0.25, -0.2) is 9.67 Å². The summed E-state index contributed by atoms with van der Waals surface area (Å²) < 4.78 is 10.8. The number of benzene rings is 5. The molecule has 0 N–H and O–H groups in total. The van der Waals surface area contributed by atoms with Gasteiger partial charge in [-0.05, 0) is 76.7 Å². The van der Waals surface area contributed by atoms with Gasteiger partial charge in [-0.15, -0.1) is 0 Å². The molecular formula is C43H38N4O. The Labute approximate surface area is 281 Å². The van der Waals surface area contributed by atoms with Crippen LogP contribution in [0.1, 0.15) is 51.3 Å². The van der Waals surface area contributed by atoms with Gasteiger partial charge in [0.15, 0.2) is 0 Å². The summed E-state index contributed by atoms with van der Waals surface area (Å²) in [5, 5.41) is 8.10. The van der Waals surface area contributed by atoms with E-state index < -0.39 is 0 Å². The van der Waals surface area contributed by atoms with Crippen LogP contribution in [0.5, 0.6) is 11.5 Å². The maximum atomic E-state index is 6.56. The Kier molecular flexibility index (Phi) is 6.95. The molecule has 0 saturated heterocycles. The van der Waals surface area contributed by atoms with Gasteiger partial charge in [-0.2, -0.15) is 5.10 Å². The van der Waals surface area contributed by atoms with Crippen LogP contribution in [0.4, 0.5) is 0 Å². The number of para-hydroxylation sites is 1. The Bertz CT molecular complexity index is 2440. The van der Waals surface area contributed by atoms with Gasteiger partial charge in [0.05, 0.1) is 28.4 Å². The molecule has 0 atom stereocenters. The van der Waals surface area contributed by atoms with Crippen LogP contribution in [0.15, 0.2) is 140 Å². The Morgan fingerprint density at radius 2 is 1.35 bits per heavy atom. The summed E-state index contributed by atoms with van der Waals surface area (Å²) in [6.45, 7) is 11.3. The first-order chi connectivity index (χ1) is 23.2. The first kappa shape index (κ1) is 29.7. The van der Waals surface area contributed by atoms with E-state index in [2.05, 4.69) is 141 Å². The van der Waals surface area contributed by atoms with E-state index in [1.807, 2.05) is 47.4 Å². The van der Waals surface area contributed by atoms with E-state index in [0.717, 1.165) is 50.3 Å². The van der Waals surface area contributed by atoms with E-state index in [4.69, 9.17) is 9.72 Å². The van der Waals surface area contributed by atoms with Crippen molar-refractivity contribution in [3.05, 3.63) is 156 Å². The van der Waals surface area contributed by atoms with Gasteiger partial charge in [0, 0.05) is 39.9 Å². The van der Waals surface area contributed by atoms with Gasteiger partial charge >= 0.3 is 0 Å². The Morgan fingerprint density at radius 3 is 2.19 bits per heavy atom. The van der Waals surface area contributed by atoms with Crippen molar-refractivity contribution in [1.29, 1.82) is 0 Å². The molecule has 3 aromatic heterocycles. The molecule has 8 rings (SSSR count). The zero-order valence-electron chi connectivity index (χ0n) is 28.0. The van der Waals surface area contributed by atoms with Crippen molar-refractivity contribution in [2.45, 2.75) is 45.4 Å². The maximum Gasteiger partial charge on any atom is 0.137 e. The number of ether oxygens (including phenoxy) is 1. The van der Waals surface area contributed by atoms with E-state index >= 15 is 0 Å². The molecule has 48 heavy (non-hydrogen) atoms. The Morgan fingerprint density at radius 1 is 0.562 bits per heavy atom. The molecule has 0 aliphatic rings. The lowest BCUT2D eigenvalue weighted by Gasteiger charge is -2.26. The zero-order chi connectivity index (χ0) is 33.0. The monoisotopic (exact) mass is 626 g/mol. The fourth-order valence-corrected chi connectivity index (χ4v) is 6.72. The second kappa shape index (κ2) is 11.2. The molecule has 0 aliphatic carbocycles. The normalized spacial score (nSPS) is 12.3. The molecule has 5 heteroatoms. The molecule has 0 unspecified atom stereocenters. The summed E-state index contributed by atoms with van der Waals surface area (Å²) in [7, 11) is 0. The van der Waals surface area contributed by atoms with Crippen molar-refractivity contribution >= 4 is 32.7 Å². The van der Waals surface area contributed by atoms with E-state index in [1.54, 1.807) is 0 Å². The predicted octanol–water partition coefficient (Wildman–Crippen LogP) is 10.9. The summed E-state index contributed by atoms with van der Waals surface area (Å²) in [4.78, 5) is 4.95. The molecule has 0 bridgehead atoms. The van der Waals surface area contributed by atoms with Crippen LogP contribution in [-0.4, -0.2) is 19.3 Å². The van der Waals surface area contributed by atoms with Crippen LogP contribution in [-0.2, 0) is 10.8 Å². The minimum Gasteiger partial charge on any atom is -0.457 e. The fourth-order valence-electron chi connectivity index (χ4n) is 6.72. The van der Waals surface area contributed by atoms with Crippen molar-refractivity contribution in [3.8, 4) is 23.0 Å². The standard InChI is InChI=1S/C43H38N4O/c1-42(2,3)31-18-21-39-37(24-31)36-20-19-35(48-34-16-11-15-33(26-34)47-38-17-10-9-12-29(38)28-45-47)27-40(36)46(39)41-25-32(22-23-44-41)43(4,5)30-13-7-6-8-14-30/h6-28H,1-5H3. The summed E-state index contributed by atoms with van der Waals surface area (Å²) >= 11 is 0. The maximum absolute atomic E-state index is 6.56. The van der Waals surface area contributed by atoms with E-state index in [-0.39, 0.29) is 10.8 Å². The highest BCUT2D eigenvalue weighted by Gasteiger charge is 2.25. The van der Waals surface area contributed by atoms with Crippen molar-refractivity contribution in [3.63, 3.8) is 0 Å². The minimum absolute atomic E-state index is 0.0223. The van der Waals surface area contributed by atoms with E-state index in [0.29, 0.717) is 0 Å². The van der Waals surface area contributed by atoms with Gasteiger partial charge < -0.3 is 4.74 Å². The summed E-state index contributed by atoms with van der Waals surface area (Å²) in [5.41, 5.74) is 7.75. The topological polar surface area (TPSA) is 44.9 Å². The molecule has 3 heterocycles. The zero-order valence-corrected chi connectivity index (χ0v) is 28.0. The second-order valence-corrected chi connectivity index (χ2v) is 14.1. The predicted molar refractivity (Wildman–Crippen MR) is 197 cm³/mol. The van der Waals surface area contributed by atoms with Gasteiger partial charge in [-0.3, -0.25) is 4.57 Å². The number of hydrogen-bond donors (Lipinski definition) is 0. The number of fused-ring (bicyclic) bond motifs is 4. The third kappa shape index (κ3) is 5.12. The van der Waals surface area contributed by atoms with Crippen molar-refractivity contribution in [1.82, 2.24) is 19.3 Å². The number of aromatic nitrogens is 4. The largest absolute Gasteiger partial charge is 0.457 e. The molecule has 0 aliphatic heterocycles. The number of hydrogen-bond acceptors (Lipinski definition) is 3. The van der Waals surface area contributed by atoms with E-state index in [9.17, 15) is 0 Å². The Balaban J connectivity index is 1.26. The van der Waals surface area contributed by atoms with Crippen molar-refractivity contribution in [2.24, 2.45) is 0 Å². The number of nitrogens with zero attached hydrogens (tertiary/aromatic N) is 4. The lowest BCUT2D eigenvalue weighted by Crippen LogP contribution is -2.19. The molecule has 5 aromatic carbocycles. The lowest BCUT2D eigenvalue weighted by atomic mass is 9.78. The molecule has 0 fully saturated rings. The van der Waals surface area contributed by atoms with Gasteiger partial charge in [0.2, 0.25) is 0 Å². The van der Waals surface area contributed by atoms with Crippen LogP contribution < -0.4 is 4.74 Å². The molecule has 236 valence electrons. The summed E-state index contributed by atoms with van der Waals surface area (Å²) in [6, 6.07) is 44.5. The second-order valence-electron chi connectivity index (χ2n) is 14.1. The number of pyridine rings is 1. The fraction of sp³-hybridized carbons (Fsp3) is 0.163. The molecular weight excluding hydrogens is 589 g/mol. The van der Waals surface area contributed by atoms with Crippen LogP contribution in [0.25, 0.3) is 44.2 Å². The van der Waals surface area contributed by atoms with E-state index in [1.165, 1.54) is 22.1 Å². The molecule has 8 aromatic rings. The number of rotatable bonds is 6. The van der Waals surface area contributed by atoms with Crippen LogP contribution in [0.2, 0.25) is 0 Å². The first-order valence-electron chi connectivity index (χ1n) is 16.5. The van der Waals surface area contributed by atoms with Crippen molar-refractivity contribution in [2.75, 3.05) is 0 Å². The lowest BCUT2D eigenvalue weighted by molar-refractivity contribution is 0.483. The van der Waals surface area contributed by atoms with Gasteiger partial charge in [0.1, 0.15) is 17.3 Å². The molecule has 0 radical (unpaired) electrons. The molecule has 0 spiro atoms. The first-order valence-corrected chi connectivity index (χ1v) is 16.5. The summed E-state index contributed by atoms with van der Waals surface area (Å²) in [6.07, 6.45) is 3.83. The highest BCUT2D eigenvalue weighted by atomic mass is 16.5. The highest BCUT2D eigenvalue weighted by Crippen LogP contribution is 2.39. The Hall–Kier alpha value is -5.68. The third-order valence-electron chi connectivity index (χ3n) is 9.57. The average molecular weight is 627 g/mol. The smallest absolute Gasteiger partial charge is 0.137 e. The van der Waals surface area contributed by atoms with Gasteiger partial charge in [0.25, 0.3) is 0 Å². The molecule has 0 amide bonds. The highest BCUT2D eigenvalue weighted by molar-refractivity contribution is 6.09. The third-order valence-corrected chi connectivity index (χ3v) is 9.57. The quantitative estimate of drug-likeness (QED) is 0.184. The van der Waals surface area contributed by atoms with Gasteiger partial charge in [-0.1, -0.05) is 95.3 Å². The average Bonchev–Trinajstić information content (AvgIpc) is 3.67. The van der Waals surface area contributed by atoms with Crippen LogP contribution in [0, 0.1) is 0 Å². The van der Waals surface area contributed by atoms with Crippen LogP contribution in [0.3, 0.4) is 0 Å². The SMILES string of the molecule is CC(C)(C)c1ccc2c(c1)c1ccc(Oc3cccc(-n4ncc5ccccc54)c3)cc1n2-c1cc(C(C)(C)c2ccccc2)ccn1. The summed E-state index contributed by atoms with van der Waals surface area (Å²) in [5.74, 6) is 2.38. The minimum atomic E-state index is -0.198. The van der Waals surface area contributed by atoms with Crippen molar-refractivity contribution < 1.29 is 4.74 Å². The molecule has 5 nitrogen and oxygen atoms in total. The van der Waals surface area contributed by atoms with Crippen LogP contribution >= 0.6 is 0 Å².